The van der Waals surface area contributed by atoms with Gasteiger partial charge in [0.15, 0.2) is 0 Å². The van der Waals surface area contributed by atoms with E-state index in [4.69, 9.17) is 0 Å². The molecule has 0 unspecified atom stereocenters. The lowest BCUT2D eigenvalue weighted by atomic mass is 10.2. The van der Waals surface area contributed by atoms with E-state index in [1.165, 1.54) is 42.4 Å². The Morgan fingerprint density at radius 1 is 1.38 bits per heavy atom. The Morgan fingerprint density at radius 3 is 2.71 bits per heavy atom. The highest BCUT2D eigenvalue weighted by Gasteiger charge is 2.21. The van der Waals surface area contributed by atoms with E-state index in [9.17, 15) is 12.8 Å². The third-order valence-corrected chi connectivity index (χ3v) is 4.98. The molecule has 1 fully saturated rings. The number of anilines is 1. The molecule has 1 aromatic rings. The zero-order chi connectivity index (χ0) is 15.5. The van der Waals surface area contributed by atoms with Gasteiger partial charge in [0, 0.05) is 19.6 Å². The van der Waals surface area contributed by atoms with Gasteiger partial charge in [0.1, 0.15) is 5.82 Å². The number of nitrogens with zero attached hydrogens (tertiary/aromatic N) is 1. The predicted molar refractivity (Wildman–Crippen MR) is 82.0 cm³/mol. The number of benzene rings is 1. The first-order chi connectivity index (χ1) is 9.88. The van der Waals surface area contributed by atoms with E-state index >= 15 is 0 Å². The zero-order valence-electron chi connectivity index (χ0n) is 12.4. The minimum atomic E-state index is -3.60. The van der Waals surface area contributed by atoms with Crippen LogP contribution in [0.4, 0.5) is 10.1 Å². The zero-order valence-corrected chi connectivity index (χ0v) is 13.2. The van der Waals surface area contributed by atoms with Crippen LogP contribution in [0, 0.1) is 12.7 Å². The average Bonchev–Trinajstić information content (AvgIpc) is 3.22. The fraction of sp³-hybridized carbons (Fsp3) is 0.571. The summed E-state index contributed by atoms with van der Waals surface area (Å²) in [6.45, 7) is 2.93. The van der Waals surface area contributed by atoms with Gasteiger partial charge in [-0.3, -0.25) is 4.72 Å². The van der Waals surface area contributed by atoms with Gasteiger partial charge in [0.25, 0.3) is 0 Å². The van der Waals surface area contributed by atoms with E-state index in [-0.39, 0.29) is 5.82 Å². The molecule has 0 heterocycles. The van der Waals surface area contributed by atoms with Crippen molar-refractivity contribution in [3.8, 4) is 0 Å². The standard InChI is InChI=1S/C14H22FN3O2S/c1-11-10-12(15)4-7-14(11)17-21(19,20)18(2)9-3-8-16-13-5-6-13/h4,7,10,13,16-17H,3,5-6,8-9H2,1-2H3. The van der Waals surface area contributed by atoms with Crippen LogP contribution < -0.4 is 10.0 Å². The normalized spacial score (nSPS) is 15.4. The van der Waals surface area contributed by atoms with Gasteiger partial charge in [0.2, 0.25) is 0 Å². The number of aryl methyl sites for hydroxylation is 1. The maximum Gasteiger partial charge on any atom is 0.301 e. The minimum Gasteiger partial charge on any atom is -0.314 e. The highest BCUT2D eigenvalue weighted by atomic mass is 32.2. The van der Waals surface area contributed by atoms with Crippen molar-refractivity contribution in [1.82, 2.24) is 9.62 Å². The molecular formula is C14H22FN3O2S. The number of nitrogens with one attached hydrogen (secondary N) is 2. The summed E-state index contributed by atoms with van der Waals surface area (Å²) < 4.78 is 41.1. The molecule has 0 spiro atoms. The van der Waals surface area contributed by atoms with Crippen LogP contribution in [0.5, 0.6) is 0 Å². The van der Waals surface area contributed by atoms with Crippen LogP contribution in [-0.4, -0.2) is 38.9 Å². The lowest BCUT2D eigenvalue weighted by Crippen LogP contribution is -2.34. The number of hydrogen-bond acceptors (Lipinski definition) is 3. The average molecular weight is 315 g/mol. The number of halogens is 1. The molecular weight excluding hydrogens is 293 g/mol. The molecule has 1 aliphatic rings. The Balaban J connectivity index is 1.86. The SMILES string of the molecule is Cc1cc(F)ccc1NS(=O)(=O)N(C)CCCNC1CC1. The Kier molecular flexibility index (Phi) is 5.18. The van der Waals surface area contributed by atoms with Crippen molar-refractivity contribution in [2.75, 3.05) is 24.9 Å². The third-order valence-electron chi connectivity index (χ3n) is 3.50. The molecule has 118 valence electrons. The molecule has 0 amide bonds. The largest absolute Gasteiger partial charge is 0.314 e. The second-order valence-electron chi connectivity index (χ2n) is 5.47. The molecule has 0 radical (unpaired) electrons. The summed E-state index contributed by atoms with van der Waals surface area (Å²) in [5.41, 5.74) is 0.960. The van der Waals surface area contributed by atoms with E-state index in [1.54, 1.807) is 6.92 Å². The van der Waals surface area contributed by atoms with E-state index < -0.39 is 10.2 Å². The first kappa shape index (κ1) is 16.2. The second-order valence-corrected chi connectivity index (χ2v) is 7.25. The number of hydrogen-bond donors (Lipinski definition) is 2. The summed E-state index contributed by atoms with van der Waals surface area (Å²) in [6.07, 6.45) is 3.20. The van der Waals surface area contributed by atoms with E-state index in [1.807, 2.05) is 0 Å². The van der Waals surface area contributed by atoms with Gasteiger partial charge in [0.05, 0.1) is 5.69 Å². The molecule has 1 aromatic carbocycles. The predicted octanol–water partition coefficient (Wildman–Crippen LogP) is 1.86. The Bertz CT molecular complexity index is 588. The van der Waals surface area contributed by atoms with E-state index in [0.29, 0.717) is 23.8 Å². The molecule has 2 rings (SSSR count). The van der Waals surface area contributed by atoms with Crippen LogP contribution in [0.2, 0.25) is 0 Å². The van der Waals surface area contributed by atoms with Crippen molar-refractivity contribution in [1.29, 1.82) is 0 Å². The summed E-state index contributed by atoms with van der Waals surface area (Å²) in [7, 11) is -2.06. The quantitative estimate of drug-likeness (QED) is 0.720. The first-order valence-corrected chi connectivity index (χ1v) is 8.56. The minimum absolute atomic E-state index is 0.380. The maximum atomic E-state index is 13.0. The van der Waals surface area contributed by atoms with E-state index in [2.05, 4.69) is 10.0 Å². The topological polar surface area (TPSA) is 61.4 Å². The third kappa shape index (κ3) is 4.94. The molecule has 1 saturated carbocycles. The molecule has 21 heavy (non-hydrogen) atoms. The highest BCUT2D eigenvalue weighted by Crippen LogP contribution is 2.19. The lowest BCUT2D eigenvalue weighted by Gasteiger charge is -2.19. The van der Waals surface area contributed by atoms with Crippen molar-refractivity contribution in [3.05, 3.63) is 29.6 Å². The van der Waals surface area contributed by atoms with Gasteiger partial charge in [-0.2, -0.15) is 12.7 Å². The van der Waals surface area contributed by atoms with Gasteiger partial charge in [-0.1, -0.05) is 0 Å². The van der Waals surface area contributed by atoms with Crippen molar-refractivity contribution in [3.63, 3.8) is 0 Å². The molecule has 0 aromatic heterocycles. The monoisotopic (exact) mass is 315 g/mol. The molecule has 0 aliphatic heterocycles. The van der Waals surface area contributed by atoms with Crippen LogP contribution in [0.1, 0.15) is 24.8 Å². The lowest BCUT2D eigenvalue weighted by molar-refractivity contribution is 0.457. The first-order valence-electron chi connectivity index (χ1n) is 7.12. The summed E-state index contributed by atoms with van der Waals surface area (Å²) in [5.74, 6) is -0.380. The smallest absolute Gasteiger partial charge is 0.301 e. The van der Waals surface area contributed by atoms with Gasteiger partial charge in [-0.25, -0.2) is 4.39 Å². The highest BCUT2D eigenvalue weighted by molar-refractivity contribution is 7.90. The second kappa shape index (κ2) is 6.72. The fourth-order valence-electron chi connectivity index (χ4n) is 1.97. The van der Waals surface area contributed by atoms with Crippen LogP contribution in [0.3, 0.4) is 0 Å². The Morgan fingerprint density at radius 2 is 2.10 bits per heavy atom. The van der Waals surface area contributed by atoms with Crippen LogP contribution in [-0.2, 0) is 10.2 Å². The summed E-state index contributed by atoms with van der Waals surface area (Å²) in [5, 5.41) is 3.34. The van der Waals surface area contributed by atoms with Crippen molar-refractivity contribution in [2.45, 2.75) is 32.2 Å². The molecule has 0 bridgehead atoms. The van der Waals surface area contributed by atoms with Gasteiger partial charge in [-0.05, 0) is 56.5 Å². The van der Waals surface area contributed by atoms with E-state index in [0.717, 1.165) is 13.0 Å². The van der Waals surface area contributed by atoms with Crippen LogP contribution >= 0.6 is 0 Å². The molecule has 1 aliphatic carbocycles. The Labute approximate surface area is 125 Å². The summed E-state index contributed by atoms with van der Waals surface area (Å²) in [6, 6.07) is 4.61. The van der Waals surface area contributed by atoms with Crippen molar-refractivity contribution in [2.24, 2.45) is 0 Å². The van der Waals surface area contributed by atoms with Crippen molar-refractivity contribution >= 4 is 15.9 Å². The fourth-order valence-corrected chi connectivity index (χ4v) is 3.01. The van der Waals surface area contributed by atoms with Gasteiger partial charge < -0.3 is 5.32 Å². The number of rotatable bonds is 8. The van der Waals surface area contributed by atoms with Gasteiger partial charge >= 0.3 is 10.2 Å². The maximum absolute atomic E-state index is 13.0. The molecule has 2 N–H and O–H groups in total. The van der Waals surface area contributed by atoms with Crippen molar-refractivity contribution < 1.29 is 12.8 Å². The summed E-state index contributed by atoms with van der Waals surface area (Å²) in [4.78, 5) is 0. The van der Waals surface area contributed by atoms with Crippen LogP contribution in [0.15, 0.2) is 18.2 Å². The van der Waals surface area contributed by atoms with Gasteiger partial charge in [-0.15, -0.1) is 0 Å². The summed E-state index contributed by atoms with van der Waals surface area (Å²) >= 11 is 0. The molecule has 0 saturated heterocycles. The molecule has 0 atom stereocenters. The van der Waals surface area contributed by atoms with Crippen LogP contribution in [0.25, 0.3) is 0 Å². The molecule has 5 nitrogen and oxygen atoms in total. The molecule has 7 heteroatoms. The Hall–Kier alpha value is -1.18.